The number of aliphatic carboxylic acids is 1. The van der Waals surface area contributed by atoms with E-state index in [9.17, 15) is 9.59 Å². The van der Waals surface area contributed by atoms with Gasteiger partial charge in [0.2, 0.25) is 0 Å². The van der Waals surface area contributed by atoms with Crippen LogP contribution in [0.3, 0.4) is 0 Å². The number of carboxylic acid groups (broad SMARTS) is 1. The number of carboxylic acids is 1. The molecule has 1 atom stereocenters. The van der Waals surface area contributed by atoms with Crippen molar-refractivity contribution >= 4 is 33.6 Å². The molecule has 0 radical (unpaired) electrons. The summed E-state index contributed by atoms with van der Waals surface area (Å²) in [7, 11) is 0. The number of benzene rings is 1. The average molecular weight is 343 g/mol. The van der Waals surface area contributed by atoms with Crippen molar-refractivity contribution in [2.75, 3.05) is 11.9 Å². The number of hydrogen-bond acceptors (Lipinski definition) is 2. The Hall–Kier alpha value is -1.56. The summed E-state index contributed by atoms with van der Waals surface area (Å²) in [5.41, 5.74) is 1.69. The second-order valence-corrected chi connectivity index (χ2v) is 5.55. The lowest BCUT2D eigenvalue weighted by molar-refractivity contribution is -0.138. The maximum atomic E-state index is 12.2. The maximum absolute atomic E-state index is 12.2. The van der Waals surface area contributed by atoms with Gasteiger partial charge in [0, 0.05) is 10.5 Å². The predicted octanol–water partition coefficient (Wildman–Crippen LogP) is 3.47. The van der Waals surface area contributed by atoms with Crippen LogP contribution in [0, 0.1) is 6.92 Å². The van der Waals surface area contributed by atoms with Crippen LogP contribution in [0.4, 0.5) is 10.5 Å². The minimum atomic E-state index is -1.02. The molecular weight excluding hydrogens is 324 g/mol. The van der Waals surface area contributed by atoms with Crippen LogP contribution in [0.2, 0.25) is 0 Å². The number of nitrogens with zero attached hydrogens (tertiary/aromatic N) is 1. The fourth-order valence-electron chi connectivity index (χ4n) is 1.70. The highest BCUT2D eigenvalue weighted by Crippen LogP contribution is 2.24. The van der Waals surface area contributed by atoms with Crippen LogP contribution in [0.25, 0.3) is 0 Å². The Morgan fingerprint density at radius 2 is 2.10 bits per heavy atom. The van der Waals surface area contributed by atoms with Gasteiger partial charge in [-0.2, -0.15) is 0 Å². The van der Waals surface area contributed by atoms with Crippen LogP contribution < -0.4 is 5.32 Å². The second-order valence-electron chi connectivity index (χ2n) is 4.69. The molecule has 0 fully saturated rings. The zero-order valence-electron chi connectivity index (χ0n) is 11.8. The number of rotatable bonds is 5. The highest BCUT2D eigenvalue weighted by Gasteiger charge is 2.22. The molecule has 5 nitrogen and oxygen atoms in total. The van der Waals surface area contributed by atoms with Crippen LogP contribution in [-0.4, -0.2) is 34.6 Å². The molecule has 2 N–H and O–H groups in total. The number of halogens is 1. The Morgan fingerprint density at radius 3 is 2.60 bits per heavy atom. The summed E-state index contributed by atoms with van der Waals surface area (Å²) >= 11 is 3.38. The van der Waals surface area contributed by atoms with Gasteiger partial charge in [-0.3, -0.25) is 4.79 Å². The summed E-state index contributed by atoms with van der Waals surface area (Å²) in [6.45, 7) is 5.37. The first-order valence-corrected chi connectivity index (χ1v) is 7.20. The number of urea groups is 1. The topological polar surface area (TPSA) is 69.6 Å². The molecular formula is C14H19BrN2O3. The smallest absolute Gasteiger partial charge is 0.323 e. The molecule has 0 aliphatic carbocycles. The lowest BCUT2D eigenvalue weighted by Crippen LogP contribution is -2.44. The van der Waals surface area contributed by atoms with Crippen molar-refractivity contribution in [2.24, 2.45) is 0 Å². The quantitative estimate of drug-likeness (QED) is 0.860. The van der Waals surface area contributed by atoms with Crippen molar-refractivity contribution in [3.63, 3.8) is 0 Å². The normalized spacial score (nSPS) is 11.8. The third-order valence-electron chi connectivity index (χ3n) is 3.06. The molecule has 1 unspecified atom stereocenters. The molecule has 1 aromatic rings. The molecule has 0 aliphatic heterocycles. The van der Waals surface area contributed by atoms with E-state index >= 15 is 0 Å². The summed E-state index contributed by atoms with van der Waals surface area (Å²) < 4.78 is 0.769. The van der Waals surface area contributed by atoms with Gasteiger partial charge in [0.15, 0.2) is 0 Å². The van der Waals surface area contributed by atoms with Gasteiger partial charge in [-0.05, 0) is 53.9 Å². The van der Waals surface area contributed by atoms with Crippen LogP contribution in [0.1, 0.15) is 25.8 Å². The molecule has 0 aromatic heterocycles. The first-order valence-electron chi connectivity index (χ1n) is 6.40. The first-order chi connectivity index (χ1) is 9.35. The maximum Gasteiger partial charge on any atom is 0.323 e. The van der Waals surface area contributed by atoms with E-state index < -0.39 is 12.0 Å². The minimum Gasteiger partial charge on any atom is -0.480 e. The van der Waals surface area contributed by atoms with Crippen LogP contribution in [0.5, 0.6) is 0 Å². The second kappa shape index (κ2) is 7.28. The molecule has 0 saturated carbocycles. The standard InChI is InChI=1S/C14H19BrN2O3/c1-4-10(3)17(8-13(18)19)14(20)16-12-6-5-9(2)7-11(12)15/h5-7,10H,4,8H2,1-3H3,(H,16,20)(H,18,19). The Bertz CT molecular complexity index is 505. The number of amides is 2. The SMILES string of the molecule is CCC(C)N(CC(=O)O)C(=O)Nc1ccc(C)cc1Br. The molecule has 0 bridgehead atoms. The molecule has 1 aromatic carbocycles. The van der Waals surface area contributed by atoms with E-state index in [4.69, 9.17) is 5.11 Å². The monoisotopic (exact) mass is 342 g/mol. The van der Waals surface area contributed by atoms with Crippen LogP contribution in [0.15, 0.2) is 22.7 Å². The van der Waals surface area contributed by atoms with Gasteiger partial charge in [-0.15, -0.1) is 0 Å². The van der Waals surface area contributed by atoms with Crippen molar-refractivity contribution in [3.8, 4) is 0 Å². The molecule has 1 rings (SSSR count). The largest absolute Gasteiger partial charge is 0.480 e. The third kappa shape index (κ3) is 4.52. The number of hydrogen-bond donors (Lipinski definition) is 2. The van der Waals surface area contributed by atoms with E-state index in [1.165, 1.54) is 4.90 Å². The van der Waals surface area contributed by atoms with Gasteiger partial charge < -0.3 is 15.3 Å². The van der Waals surface area contributed by atoms with Crippen LogP contribution in [-0.2, 0) is 4.79 Å². The number of nitrogens with one attached hydrogen (secondary N) is 1. The van der Waals surface area contributed by atoms with E-state index in [-0.39, 0.29) is 12.6 Å². The minimum absolute atomic E-state index is 0.143. The number of anilines is 1. The van der Waals surface area contributed by atoms with Gasteiger partial charge in [0.25, 0.3) is 0 Å². The van der Waals surface area contributed by atoms with Crippen molar-refractivity contribution in [1.82, 2.24) is 4.90 Å². The van der Waals surface area contributed by atoms with E-state index in [0.29, 0.717) is 12.1 Å². The highest BCUT2D eigenvalue weighted by atomic mass is 79.9. The highest BCUT2D eigenvalue weighted by molar-refractivity contribution is 9.10. The van der Waals surface area contributed by atoms with Crippen molar-refractivity contribution in [1.29, 1.82) is 0 Å². The fraction of sp³-hybridized carbons (Fsp3) is 0.429. The third-order valence-corrected chi connectivity index (χ3v) is 3.71. The number of carbonyl (C=O) groups excluding carboxylic acids is 1. The van der Waals surface area contributed by atoms with Gasteiger partial charge in [0.1, 0.15) is 6.54 Å². The van der Waals surface area contributed by atoms with Gasteiger partial charge in [0.05, 0.1) is 5.69 Å². The Kier molecular flexibility index (Phi) is 6.01. The van der Waals surface area contributed by atoms with Crippen LogP contribution >= 0.6 is 15.9 Å². The van der Waals surface area contributed by atoms with Gasteiger partial charge in [-0.1, -0.05) is 13.0 Å². The van der Waals surface area contributed by atoms with Gasteiger partial charge in [-0.25, -0.2) is 4.79 Å². The van der Waals surface area contributed by atoms with E-state index in [0.717, 1.165) is 10.0 Å². The van der Waals surface area contributed by atoms with Crippen molar-refractivity contribution in [2.45, 2.75) is 33.2 Å². The summed E-state index contributed by atoms with van der Waals surface area (Å²) in [6, 6.07) is 5.00. The predicted molar refractivity (Wildman–Crippen MR) is 82.0 cm³/mol. The summed E-state index contributed by atoms with van der Waals surface area (Å²) in [6.07, 6.45) is 0.690. The first kappa shape index (κ1) is 16.5. The number of aryl methyl sites for hydroxylation is 1. The number of carbonyl (C=O) groups is 2. The zero-order chi connectivity index (χ0) is 15.3. The molecule has 6 heteroatoms. The van der Waals surface area contributed by atoms with Crippen molar-refractivity contribution < 1.29 is 14.7 Å². The summed E-state index contributed by atoms with van der Waals surface area (Å²) in [5.74, 6) is -1.02. The Labute approximate surface area is 127 Å². The summed E-state index contributed by atoms with van der Waals surface area (Å²) in [5, 5.41) is 11.6. The Morgan fingerprint density at radius 1 is 1.45 bits per heavy atom. The van der Waals surface area contributed by atoms with E-state index in [2.05, 4.69) is 21.2 Å². The lowest BCUT2D eigenvalue weighted by atomic mass is 10.2. The zero-order valence-corrected chi connectivity index (χ0v) is 13.4. The molecule has 20 heavy (non-hydrogen) atoms. The van der Waals surface area contributed by atoms with E-state index in [1.54, 1.807) is 6.07 Å². The van der Waals surface area contributed by atoms with E-state index in [1.807, 2.05) is 32.9 Å². The molecule has 0 heterocycles. The molecule has 110 valence electrons. The molecule has 2 amide bonds. The molecule has 0 spiro atoms. The van der Waals surface area contributed by atoms with Gasteiger partial charge >= 0.3 is 12.0 Å². The fourth-order valence-corrected chi connectivity index (χ4v) is 2.29. The summed E-state index contributed by atoms with van der Waals surface area (Å²) in [4.78, 5) is 24.4. The van der Waals surface area contributed by atoms with Crippen molar-refractivity contribution in [3.05, 3.63) is 28.2 Å². The molecule has 0 saturated heterocycles. The lowest BCUT2D eigenvalue weighted by Gasteiger charge is -2.27. The Balaban J connectivity index is 2.87. The average Bonchev–Trinajstić information content (AvgIpc) is 2.38. The molecule has 0 aliphatic rings.